The van der Waals surface area contributed by atoms with Crippen molar-refractivity contribution in [2.45, 2.75) is 6.04 Å². The second-order valence-electron chi connectivity index (χ2n) is 4.18. The predicted molar refractivity (Wildman–Crippen MR) is 72.0 cm³/mol. The number of aliphatic hydroxyl groups is 1. The third-order valence-corrected chi connectivity index (χ3v) is 2.81. The van der Waals surface area contributed by atoms with Gasteiger partial charge in [-0.15, -0.1) is 0 Å². The van der Waals surface area contributed by atoms with Crippen molar-refractivity contribution in [3.05, 3.63) is 42.1 Å². The van der Waals surface area contributed by atoms with Crippen LogP contribution in [0.15, 0.2) is 36.5 Å². The molecule has 1 heterocycles. The Morgan fingerprint density at radius 3 is 3.00 bits per heavy atom. The van der Waals surface area contributed by atoms with Crippen LogP contribution in [0, 0.1) is 0 Å². The number of hydrogen-bond donors (Lipinski definition) is 2. The lowest BCUT2D eigenvalue weighted by atomic mass is 10.1. The maximum absolute atomic E-state index is 12.2. The molecule has 1 aromatic carbocycles. The van der Waals surface area contributed by atoms with Gasteiger partial charge < -0.3 is 15.2 Å². The van der Waals surface area contributed by atoms with Gasteiger partial charge in [0.25, 0.3) is 5.91 Å². The van der Waals surface area contributed by atoms with Gasteiger partial charge in [0.15, 0.2) is 0 Å². The number of fused-ring (bicyclic) bond motifs is 1. The summed E-state index contributed by atoms with van der Waals surface area (Å²) in [6.45, 7) is 0.105. The number of aromatic nitrogens is 1. The molecule has 100 valence electrons. The van der Waals surface area contributed by atoms with Crippen LogP contribution < -0.4 is 5.32 Å². The molecule has 0 saturated heterocycles. The lowest BCUT2D eigenvalue weighted by molar-refractivity contribution is 0.0841. The van der Waals surface area contributed by atoms with E-state index in [-0.39, 0.29) is 19.1 Å². The second kappa shape index (κ2) is 6.26. The van der Waals surface area contributed by atoms with Gasteiger partial charge in [-0.3, -0.25) is 9.78 Å². The predicted octanol–water partition coefficient (Wildman–Crippen LogP) is 0.972. The van der Waals surface area contributed by atoms with Crippen molar-refractivity contribution in [3.63, 3.8) is 0 Å². The third kappa shape index (κ3) is 3.07. The lowest BCUT2D eigenvalue weighted by Gasteiger charge is -2.15. The Balaban J connectivity index is 2.26. The zero-order chi connectivity index (χ0) is 13.7. The smallest absolute Gasteiger partial charge is 0.252 e. The summed E-state index contributed by atoms with van der Waals surface area (Å²) in [6, 6.07) is 8.60. The number of methoxy groups -OCH3 is 1. The summed E-state index contributed by atoms with van der Waals surface area (Å²) in [4.78, 5) is 16.4. The molecule has 0 radical (unpaired) electrons. The molecule has 0 aliphatic heterocycles. The van der Waals surface area contributed by atoms with Crippen LogP contribution in [0.25, 0.3) is 10.9 Å². The van der Waals surface area contributed by atoms with Gasteiger partial charge in [0.05, 0.1) is 24.8 Å². The quantitative estimate of drug-likeness (QED) is 0.840. The maximum Gasteiger partial charge on any atom is 0.252 e. The molecule has 5 heteroatoms. The molecule has 0 aliphatic rings. The van der Waals surface area contributed by atoms with Gasteiger partial charge in [-0.1, -0.05) is 12.1 Å². The van der Waals surface area contributed by atoms with Gasteiger partial charge in [-0.05, 0) is 18.2 Å². The minimum absolute atomic E-state index is 0.164. The molecule has 2 aromatic rings. The van der Waals surface area contributed by atoms with E-state index in [4.69, 9.17) is 9.84 Å². The Kier molecular flexibility index (Phi) is 4.43. The summed E-state index contributed by atoms with van der Waals surface area (Å²) in [5.74, 6) is -0.241. The van der Waals surface area contributed by atoms with E-state index in [0.717, 1.165) is 10.9 Å². The molecule has 1 unspecified atom stereocenters. The average molecular weight is 260 g/mol. The summed E-state index contributed by atoms with van der Waals surface area (Å²) in [6.07, 6.45) is 1.69. The minimum atomic E-state index is -0.413. The van der Waals surface area contributed by atoms with E-state index in [1.165, 1.54) is 7.11 Å². The average Bonchev–Trinajstić information content (AvgIpc) is 2.46. The normalized spacial score (nSPS) is 12.3. The number of pyridine rings is 1. The Bertz CT molecular complexity index is 566. The summed E-state index contributed by atoms with van der Waals surface area (Å²) in [5, 5.41) is 12.7. The van der Waals surface area contributed by atoms with E-state index >= 15 is 0 Å². The highest BCUT2D eigenvalue weighted by Crippen LogP contribution is 2.16. The van der Waals surface area contributed by atoms with Crippen LogP contribution >= 0.6 is 0 Å². The molecule has 1 amide bonds. The first kappa shape index (κ1) is 13.5. The summed E-state index contributed by atoms with van der Waals surface area (Å²) in [5.41, 5.74) is 1.31. The van der Waals surface area contributed by atoms with Crippen LogP contribution in [-0.2, 0) is 4.74 Å². The Labute approximate surface area is 111 Å². The van der Waals surface area contributed by atoms with Crippen molar-refractivity contribution in [3.8, 4) is 0 Å². The van der Waals surface area contributed by atoms with Crippen LogP contribution in [-0.4, -0.2) is 42.4 Å². The van der Waals surface area contributed by atoms with Crippen molar-refractivity contribution in [2.75, 3.05) is 20.3 Å². The molecule has 2 rings (SSSR count). The fourth-order valence-electron chi connectivity index (χ4n) is 1.91. The first-order valence-corrected chi connectivity index (χ1v) is 6.00. The number of ether oxygens (including phenoxy) is 1. The number of benzene rings is 1. The zero-order valence-electron chi connectivity index (χ0n) is 10.7. The molecule has 1 aromatic heterocycles. The molecule has 0 bridgehead atoms. The summed E-state index contributed by atoms with van der Waals surface area (Å²) < 4.78 is 4.93. The summed E-state index contributed by atoms with van der Waals surface area (Å²) >= 11 is 0. The Hall–Kier alpha value is -1.98. The van der Waals surface area contributed by atoms with Gasteiger partial charge in [0.1, 0.15) is 0 Å². The standard InChI is InChI=1S/C14H16N2O3/c1-19-9-10(8-17)16-14(18)12-4-2-6-13-11(12)5-3-7-15-13/h2-7,10,17H,8-9H2,1H3,(H,16,18). The van der Waals surface area contributed by atoms with Gasteiger partial charge >= 0.3 is 0 Å². The highest BCUT2D eigenvalue weighted by molar-refractivity contribution is 6.06. The lowest BCUT2D eigenvalue weighted by Crippen LogP contribution is -2.40. The van der Waals surface area contributed by atoms with Gasteiger partial charge in [-0.25, -0.2) is 0 Å². The molecule has 0 saturated carbocycles. The van der Waals surface area contributed by atoms with E-state index in [1.807, 2.05) is 12.1 Å². The highest BCUT2D eigenvalue weighted by atomic mass is 16.5. The zero-order valence-corrected chi connectivity index (χ0v) is 10.7. The van der Waals surface area contributed by atoms with Crippen molar-refractivity contribution >= 4 is 16.8 Å². The highest BCUT2D eigenvalue weighted by Gasteiger charge is 2.14. The SMILES string of the molecule is COCC(CO)NC(=O)c1cccc2ncccc12. The maximum atomic E-state index is 12.2. The number of nitrogens with zero attached hydrogens (tertiary/aromatic N) is 1. The van der Waals surface area contributed by atoms with Crippen molar-refractivity contribution in [1.82, 2.24) is 10.3 Å². The fourth-order valence-corrected chi connectivity index (χ4v) is 1.91. The topological polar surface area (TPSA) is 71.5 Å². The van der Waals surface area contributed by atoms with Crippen LogP contribution in [0.5, 0.6) is 0 Å². The number of hydrogen-bond acceptors (Lipinski definition) is 4. The number of nitrogens with one attached hydrogen (secondary N) is 1. The van der Waals surface area contributed by atoms with Crippen LogP contribution in [0.2, 0.25) is 0 Å². The van der Waals surface area contributed by atoms with Crippen LogP contribution in [0.4, 0.5) is 0 Å². The second-order valence-corrected chi connectivity index (χ2v) is 4.18. The molecule has 0 spiro atoms. The number of rotatable bonds is 5. The van der Waals surface area contributed by atoms with E-state index in [1.54, 1.807) is 24.4 Å². The van der Waals surface area contributed by atoms with Gasteiger partial charge in [-0.2, -0.15) is 0 Å². The molecular weight excluding hydrogens is 244 g/mol. The third-order valence-electron chi connectivity index (χ3n) is 2.81. The van der Waals surface area contributed by atoms with E-state index in [9.17, 15) is 4.79 Å². The largest absolute Gasteiger partial charge is 0.394 e. The number of amides is 1. The van der Waals surface area contributed by atoms with E-state index in [0.29, 0.717) is 5.56 Å². The molecular formula is C14H16N2O3. The molecule has 2 N–H and O–H groups in total. The molecule has 0 fully saturated rings. The van der Waals surface area contributed by atoms with Crippen molar-refractivity contribution in [2.24, 2.45) is 0 Å². The van der Waals surface area contributed by atoms with E-state index in [2.05, 4.69) is 10.3 Å². The number of carbonyl (C=O) groups is 1. The minimum Gasteiger partial charge on any atom is -0.394 e. The van der Waals surface area contributed by atoms with Gasteiger partial charge in [0.2, 0.25) is 0 Å². The number of carbonyl (C=O) groups excluding carboxylic acids is 1. The molecule has 1 atom stereocenters. The Morgan fingerprint density at radius 2 is 2.26 bits per heavy atom. The van der Waals surface area contributed by atoms with Crippen molar-refractivity contribution in [1.29, 1.82) is 0 Å². The van der Waals surface area contributed by atoms with Crippen molar-refractivity contribution < 1.29 is 14.6 Å². The van der Waals surface area contributed by atoms with Gasteiger partial charge in [0, 0.05) is 24.3 Å². The van der Waals surface area contributed by atoms with Crippen LogP contribution in [0.1, 0.15) is 10.4 Å². The monoisotopic (exact) mass is 260 g/mol. The molecule has 5 nitrogen and oxygen atoms in total. The fraction of sp³-hybridized carbons (Fsp3) is 0.286. The first-order chi connectivity index (χ1) is 9.26. The number of aliphatic hydroxyl groups excluding tert-OH is 1. The first-order valence-electron chi connectivity index (χ1n) is 6.00. The van der Waals surface area contributed by atoms with E-state index < -0.39 is 6.04 Å². The Morgan fingerprint density at radius 1 is 1.42 bits per heavy atom. The van der Waals surface area contributed by atoms with Crippen LogP contribution in [0.3, 0.4) is 0 Å². The molecule has 0 aliphatic carbocycles. The molecule has 19 heavy (non-hydrogen) atoms. The summed E-state index contributed by atoms with van der Waals surface area (Å²) in [7, 11) is 1.52.